The summed E-state index contributed by atoms with van der Waals surface area (Å²) in [6.07, 6.45) is 3.20. The Labute approximate surface area is 110 Å². The molecule has 102 valence electrons. The molecule has 3 N–H and O–H groups in total. The number of hydrogen-bond acceptors (Lipinski definition) is 7. The number of nitrogens with two attached hydrogens (primary N) is 1. The van der Waals surface area contributed by atoms with Crippen LogP contribution in [0.2, 0.25) is 0 Å². The van der Waals surface area contributed by atoms with Gasteiger partial charge in [0.15, 0.2) is 0 Å². The molecule has 2 rings (SSSR count). The van der Waals surface area contributed by atoms with Gasteiger partial charge in [0.2, 0.25) is 11.8 Å². The minimum Gasteiger partial charge on any atom is -0.480 e. The number of hydrazine groups is 1. The number of rotatable bonds is 5. The van der Waals surface area contributed by atoms with Gasteiger partial charge in [-0.25, -0.2) is 10.4 Å². The summed E-state index contributed by atoms with van der Waals surface area (Å²) in [6.45, 7) is 0. The van der Waals surface area contributed by atoms with E-state index in [0.717, 1.165) is 5.69 Å². The number of hydrogen-bond donors (Lipinski definition) is 2. The van der Waals surface area contributed by atoms with E-state index in [0.29, 0.717) is 17.5 Å². The fourth-order valence-corrected chi connectivity index (χ4v) is 1.78. The van der Waals surface area contributed by atoms with Crippen molar-refractivity contribution in [3.8, 4) is 11.8 Å². The van der Waals surface area contributed by atoms with E-state index in [1.165, 1.54) is 20.4 Å². The molecular formula is C11H16N6O2. The van der Waals surface area contributed by atoms with Gasteiger partial charge in [0, 0.05) is 13.2 Å². The van der Waals surface area contributed by atoms with E-state index in [9.17, 15) is 0 Å². The summed E-state index contributed by atoms with van der Waals surface area (Å²) >= 11 is 0. The van der Waals surface area contributed by atoms with E-state index in [4.69, 9.17) is 15.3 Å². The Bertz CT molecular complexity index is 556. The smallest absolute Gasteiger partial charge is 0.240 e. The van der Waals surface area contributed by atoms with Crippen molar-refractivity contribution in [2.75, 3.05) is 14.2 Å². The van der Waals surface area contributed by atoms with Gasteiger partial charge in [-0.15, -0.1) is 0 Å². The molecule has 0 aliphatic heterocycles. The quantitative estimate of drug-likeness (QED) is 0.568. The van der Waals surface area contributed by atoms with Crippen LogP contribution < -0.4 is 20.7 Å². The van der Waals surface area contributed by atoms with E-state index in [1.54, 1.807) is 10.9 Å². The van der Waals surface area contributed by atoms with Crippen LogP contribution in [0, 0.1) is 0 Å². The van der Waals surface area contributed by atoms with Gasteiger partial charge in [0.25, 0.3) is 0 Å². The largest absolute Gasteiger partial charge is 0.480 e. The number of nitrogens with one attached hydrogen (secondary N) is 1. The summed E-state index contributed by atoms with van der Waals surface area (Å²) in [5, 5.41) is 4.11. The molecule has 0 bridgehead atoms. The number of ether oxygens (including phenoxy) is 2. The molecule has 2 heterocycles. The first-order chi connectivity index (χ1) is 9.21. The van der Waals surface area contributed by atoms with Crippen molar-refractivity contribution in [1.82, 2.24) is 25.2 Å². The van der Waals surface area contributed by atoms with Crippen molar-refractivity contribution in [2.45, 2.75) is 6.04 Å². The molecule has 0 amide bonds. The zero-order valence-electron chi connectivity index (χ0n) is 11.0. The zero-order chi connectivity index (χ0) is 13.8. The molecule has 19 heavy (non-hydrogen) atoms. The van der Waals surface area contributed by atoms with Crippen molar-refractivity contribution in [3.63, 3.8) is 0 Å². The topological polar surface area (TPSA) is 100 Å². The minimum atomic E-state index is -0.374. The molecule has 0 fully saturated rings. The summed E-state index contributed by atoms with van der Waals surface area (Å²) in [4.78, 5) is 8.48. The van der Waals surface area contributed by atoms with Gasteiger partial charge in [-0.1, -0.05) is 0 Å². The van der Waals surface area contributed by atoms with Gasteiger partial charge in [0.05, 0.1) is 26.1 Å². The summed E-state index contributed by atoms with van der Waals surface area (Å²) in [7, 11) is 4.86. The molecular weight excluding hydrogens is 248 g/mol. The fraction of sp³-hybridized carbons (Fsp3) is 0.364. The number of methoxy groups -OCH3 is 2. The van der Waals surface area contributed by atoms with Crippen molar-refractivity contribution in [3.05, 3.63) is 29.8 Å². The Hall–Kier alpha value is -2.19. The SMILES string of the molecule is COc1cnc(C(NN)c2ccnn2C)c(OC)n1. The Morgan fingerprint density at radius 3 is 2.68 bits per heavy atom. The van der Waals surface area contributed by atoms with Crippen LogP contribution in [-0.2, 0) is 7.05 Å². The Kier molecular flexibility index (Phi) is 3.93. The molecule has 0 aromatic carbocycles. The molecule has 1 unspecified atom stereocenters. The molecule has 0 spiro atoms. The number of aromatic nitrogens is 4. The van der Waals surface area contributed by atoms with Gasteiger partial charge in [-0.2, -0.15) is 10.1 Å². The second-order valence-corrected chi connectivity index (χ2v) is 3.79. The summed E-state index contributed by atoms with van der Waals surface area (Å²) < 4.78 is 12.0. The summed E-state index contributed by atoms with van der Waals surface area (Å²) in [5.74, 6) is 6.34. The van der Waals surface area contributed by atoms with Crippen molar-refractivity contribution in [2.24, 2.45) is 12.9 Å². The fourth-order valence-electron chi connectivity index (χ4n) is 1.78. The van der Waals surface area contributed by atoms with E-state index in [-0.39, 0.29) is 6.04 Å². The molecule has 0 aliphatic carbocycles. The maximum absolute atomic E-state index is 5.61. The van der Waals surface area contributed by atoms with Crippen LogP contribution in [0.5, 0.6) is 11.8 Å². The van der Waals surface area contributed by atoms with E-state index >= 15 is 0 Å². The van der Waals surface area contributed by atoms with Crippen molar-refractivity contribution >= 4 is 0 Å². The molecule has 0 radical (unpaired) electrons. The first-order valence-corrected chi connectivity index (χ1v) is 5.60. The van der Waals surface area contributed by atoms with Crippen LogP contribution in [0.3, 0.4) is 0 Å². The van der Waals surface area contributed by atoms with Crippen LogP contribution in [0.1, 0.15) is 17.4 Å². The molecule has 0 saturated heterocycles. The lowest BCUT2D eigenvalue weighted by molar-refractivity contribution is 0.351. The lowest BCUT2D eigenvalue weighted by Crippen LogP contribution is -2.31. The van der Waals surface area contributed by atoms with Gasteiger partial charge < -0.3 is 9.47 Å². The van der Waals surface area contributed by atoms with E-state index < -0.39 is 0 Å². The lowest BCUT2D eigenvalue weighted by atomic mass is 10.1. The van der Waals surface area contributed by atoms with Crippen LogP contribution in [0.15, 0.2) is 18.5 Å². The van der Waals surface area contributed by atoms with Crippen molar-refractivity contribution in [1.29, 1.82) is 0 Å². The first kappa shape index (κ1) is 13.2. The van der Waals surface area contributed by atoms with Gasteiger partial charge in [0.1, 0.15) is 11.7 Å². The van der Waals surface area contributed by atoms with E-state index in [2.05, 4.69) is 20.5 Å². The summed E-state index contributed by atoms with van der Waals surface area (Å²) in [6, 6.07) is 1.47. The Morgan fingerprint density at radius 2 is 2.16 bits per heavy atom. The molecule has 1 atom stereocenters. The third-order valence-corrected chi connectivity index (χ3v) is 2.74. The predicted molar refractivity (Wildman–Crippen MR) is 67.5 cm³/mol. The van der Waals surface area contributed by atoms with Gasteiger partial charge in [-0.05, 0) is 6.07 Å². The van der Waals surface area contributed by atoms with Crippen molar-refractivity contribution < 1.29 is 9.47 Å². The molecule has 8 nitrogen and oxygen atoms in total. The minimum absolute atomic E-state index is 0.350. The average Bonchev–Trinajstić information content (AvgIpc) is 2.86. The standard InChI is InChI=1S/C11H16N6O2/c1-17-7(4-5-14-17)9(16-12)10-11(19-3)15-8(18-2)6-13-10/h4-6,9,16H,12H2,1-3H3. The lowest BCUT2D eigenvalue weighted by Gasteiger charge is -2.17. The number of nitrogens with zero attached hydrogens (tertiary/aromatic N) is 4. The molecule has 2 aromatic heterocycles. The number of aryl methyl sites for hydroxylation is 1. The highest BCUT2D eigenvalue weighted by atomic mass is 16.5. The van der Waals surface area contributed by atoms with Gasteiger partial charge in [-0.3, -0.25) is 10.5 Å². The molecule has 0 saturated carbocycles. The summed E-state index contributed by atoms with van der Waals surface area (Å²) in [5.41, 5.74) is 4.10. The third kappa shape index (κ3) is 2.49. The Morgan fingerprint density at radius 1 is 1.37 bits per heavy atom. The highest BCUT2D eigenvalue weighted by Gasteiger charge is 2.23. The maximum atomic E-state index is 5.61. The third-order valence-electron chi connectivity index (χ3n) is 2.74. The second kappa shape index (κ2) is 5.63. The van der Waals surface area contributed by atoms with Crippen LogP contribution in [0.25, 0.3) is 0 Å². The maximum Gasteiger partial charge on any atom is 0.240 e. The normalized spacial score (nSPS) is 12.2. The Balaban J connectivity index is 2.46. The van der Waals surface area contributed by atoms with Crippen LogP contribution >= 0.6 is 0 Å². The molecule has 2 aromatic rings. The van der Waals surface area contributed by atoms with Crippen LogP contribution in [-0.4, -0.2) is 34.0 Å². The predicted octanol–water partition coefficient (Wildman–Crippen LogP) is -0.220. The molecule has 0 aliphatic rings. The second-order valence-electron chi connectivity index (χ2n) is 3.79. The highest BCUT2D eigenvalue weighted by molar-refractivity contribution is 5.31. The first-order valence-electron chi connectivity index (χ1n) is 5.60. The molecule has 8 heteroatoms. The van der Waals surface area contributed by atoms with E-state index in [1.807, 2.05) is 13.1 Å². The van der Waals surface area contributed by atoms with Crippen LogP contribution in [0.4, 0.5) is 0 Å². The monoisotopic (exact) mass is 264 g/mol. The van der Waals surface area contributed by atoms with Gasteiger partial charge >= 0.3 is 0 Å². The highest BCUT2D eigenvalue weighted by Crippen LogP contribution is 2.27. The zero-order valence-corrected chi connectivity index (χ0v) is 11.0. The average molecular weight is 264 g/mol.